The third-order valence-electron chi connectivity index (χ3n) is 3.73. The van der Waals surface area contributed by atoms with Crippen LogP contribution in [0.3, 0.4) is 0 Å². The molecule has 2 unspecified atom stereocenters. The van der Waals surface area contributed by atoms with Crippen molar-refractivity contribution in [3.63, 3.8) is 0 Å². The molecule has 0 aromatic heterocycles. The van der Waals surface area contributed by atoms with E-state index in [2.05, 4.69) is 61.2 Å². The average Bonchev–Trinajstić information content (AvgIpc) is 2.72. The lowest BCUT2D eigenvalue weighted by molar-refractivity contribution is 0.255. The molecule has 0 amide bonds. The zero-order chi connectivity index (χ0) is 13.0. The molecule has 2 atom stereocenters. The van der Waals surface area contributed by atoms with Crippen LogP contribution in [0.15, 0.2) is 35.2 Å². The standard InChI is InChI=1S/C15H24N2S/c1-13-11-17(12-15(13)16(2)3)9-10-18-14-7-5-4-6-8-14/h4-8,13,15H,9-12H2,1-3H3. The Kier molecular flexibility index (Phi) is 5.10. The molecule has 1 aliphatic rings. The van der Waals surface area contributed by atoms with Gasteiger partial charge in [-0.15, -0.1) is 11.8 Å². The lowest BCUT2D eigenvalue weighted by Crippen LogP contribution is -2.34. The predicted octanol–water partition coefficient (Wildman–Crippen LogP) is 2.66. The summed E-state index contributed by atoms with van der Waals surface area (Å²) in [7, 11) is 4.40. The highest BCUT2D eigenvalue weighted by Crippen LogP contribution is 2.22. The van der Waals surface area contributed by atoms with Gasteiger partial charge in [-0.25, -0.2) is 0 Å². The summed E-state index contributed by atoms with van der Waals surface area (Å²) in [5.74, 6) is 1.98. The highest BCUT2D eigenvalue weighted by molar-refractivity contribution is 7.99. The maximum absolute atomic E-state index is 2.60. The van der Waals surface area contributed by atoms with Crippen molar-refractivity contribution in [3.05, 3.63) is 30.3 Å². The number of rotatable bonds is 5. The van der Waals surface area contributed by atoms with E-state index in [0.29, 0.717) is 0 Å². The van der Waals surface area contributed by atoms with Crippen LogP contribution in [0.2, 0.25) is 0 Å². The van der Waals surface area contributed by atoms with Crippen LogP contribution >= 0.6 is 11.8 Å². The third kappa shape index (κ3) is 3.74. The molecule has 100 valence electrons. The van der Waals surface area contributed by atoms with E-state index in [-0.39, 0.29) is 0 Å². The fourth-order valence-electron chi connectivity index (χ4n) is 2.71. The lowest BCUT2D eigenvalue weighted by atomic mass is 10.1. The molecule has 0 saturated carbocycles. The van der Waals surface area contributed by atoms with Gasteiger partial charge in [0.2, 0.25) is 0 Å². The van der Waals surface area contributed by atoms with Gasteiger partial charge < -0.3 is 9.80 Å². The minimum absolute atomic E-state index is 0.728. The zero-order valence-electron chi connectivity index (χ0n) is 11.7. The molecule has 0 aliphatic carbocycles. The first-order chi connectivity index (χ1) is 8.66. The third-order valence-corrected chi connectivity index (χ3v) is 4.72. The lowest BCUT2D eigenvalue weighted by Gasteiger charge is -2.22. The van der Waals surface area contributed by atoms with E-state index >= 15 is 0 Å². The van der Waals surface area contributed by atoms with Crippen molar-refractivity contribution >= 4 is 11.8 Å². The molecule has 1 aromatic carbocycles. The van der Waals surface area contributed by atoms with Crippen molar-refractivity contribution < 1.29 is 0 Å². The highest BCUT2D eigenvalue weighted by atomic mass is 32.2. The molecule has 1 saturated heterocycles. The van der Waals surface area contributed by atoms with E-state index in [1.165, 1.54) is 30.3 Å². The van der Waals surface area contributed by atoms with Crippen LogP contribution in [0.1, 0.15) is 6.92 Å². The molecule has 2 rings (SSSR count). The second-order valence-electron chi connectivity index (χ2n) is 5.43. The summed E-state index contributed by atoms with van der Waals surface area (Å²) in [5, 5.41) is 0. The van der Waals surface area contributed by atoms with Crippen LogP contribution in [0.4, 0.5) is 0 Å². The van der Waals surface area contributed by atoms with Gasteiger partial charge in [-0.2, -0.15) is 0 Å². The summed E-state index contributed by atoms with van der Waals surface area (Å²) < 4.78 is 0. The van der Waals surface area contributed by atoms with Crippen LogP contribution in [-0.4, -0.2) is 55.3 Å². The monoisotopic (exact) mass is 264 g/mol. The van der Waals surface area contributed by atoms with Gasteiger partial charge in [0.15, 0.2) is 0 Å². The molecule has 0 bridgehead atoms. The van der Waals surface area contributed by atoms with Gasteiger partial charge in [-0.1, -0.05) is 25.1 Å². The first-order valence-electron chi connectivity index (χ1n) is 6.73. The van der Waals surface area contributed by atoms with Gasteiger partial charge in [0.25, 0.3) is 0 Å². The molecular weight excluding hydrogens is 240 g/mol. The molecule has 1 aliphatic heterocycles. The van der Waals surface area contributed by atoms with Crippen molar-refractivity contribution in [2.24, 2.45) is 5.92 Å². The molecule has 2 nitrogen and oxygen atoms in total. The average molecular weight is 264 g/mol. The van der Waals surface area contributed by atoms with E-state index in [1.54, 1.807) is 0 Å². The maximum Gasteiger partial charge on any atom is 0.0254 e. The smallest absolute Gasteiger partial charge is 0.0254 e. The molecule has 1 heterocycles. The van der Waals surface area contributed by atoms with Gasteiger partial charge in [-0.05, 0) is 32.1 Å². The van der Waals surface area contributed by atoms with Crippen LogP contribution in [0, 0.1) is 5.92 Å². The minimum atomic E-state index is 0.728. The number of benzene rings is 1. The number of hydrogen-bond acceptors (Lipinski definition) is 3. The van der Waals surface area contributed by atoms with E-state index in [9.17, 15) is 0 Å². The Balaban J connectivity index is 1.72. The van der Waals surface area contributed by atoms with Crippen molar-refractivity contribution in [1.82, 2.24) is 9.80 Å². The molecule has 3 heteroatoms. The van der Waals surface area contributed by atoms with Crippen LogP contribution in [-0.2, 0) is 0 Å². The largest absolute Gasteiger partial charge is 0.305 e. The van der Waals surface area contributed by atoms with Crippen LogP contribution < -0.4 is 0 Å². The molecule has 0 radical (unpaired) electrons. The van der Waals surface area contributed by atoms with E-state index in [4.69, 9.17) is 0 Å². The van der Waals surface area contributed by atoms with Crippen LogP contribution in [0.25, 0.3) is 0 Å². The topological polar surface area (TPSA) is 6.48 Å². The summed E-state index contributed by atoms with van der Waals surface area (Å²) >= 11 is 1.96. The number of thioether (sulfide) groups is 1. The second kappa shape index (κ2) is 6.60. The normalized spacial score (nSPS) is 24.9. The van der Waals surface area contributed by atoms with E-state index in [0.717, 1.165) is 12.0 Å². The summed E-state index contributed by atoms with van der Waals surface area (Å²) in [5.41, 5.74) is 0. The fraction of sp³-hybridized carbons (Fsp3) is 0.600. The molecule has 0 N–H and O–H groups in total. The summed E-state index contributed by atoms with van der Waals surface area (Å²) in [6.07, 6.45) is 0. The SMILES string of the molecule is CC1CN(CCSc2ccccc2)CC1N(C)C. The van der Waals surface area contributed by atoms with Crippen molar-refractivity contribution in [2.75, 3.05) is 39.5 Å². The van der Waals surface area contributed by atoms with Gasteiger partial charge in [0.1, 0.15) is 0 Å². The van der Waals surface area contributed by atoms with Gasteiger partial charge in [-0.3, -0.25) is 0 Å². The Morgan fingerprint density at radius 1 is 1.22 bits per heavy atom. The van der Waals surface area contributed by atoms with Gasteiger partial charge in [0.05, 0.1) is 0 Å². The number of likely N-dealkylation sites (N-methyl/N-ethyl adjacent to an activating group) is 1. The number of hydrogen-bond donors (Lipinski definition) is 0. The fourth-order valence-corrected chi connectivity index (χ4v) is 3.65. The molecule has 1 aromatic rings. The van der Waals surface area contributed by atoms with Crippen LogP contribution in [0.5, 0.6) is 0 Å². The van der Waals surface area contributed by atoms with Gasteiger partial charge in [0, 0.05) is 36.3 Å². The number of nitrogens with zero attached hydrogens (tertiary/aromatic N) is 2. The summed E-state index contributed by atoms with van der Waals surface area (Å²) in [6.45, 7) is 6.05. The van der Waals surface area contributed by atoms with E-state index < -0.39 is 0 Å². The quantitative estimate of drug-likeness (QED) is 0.755. The van der Waals surface area contributed by atoms with Crippen molar-refractivity contribution in [1.29, 1.82) is 0 Å². The first kappa shape index (κ1) is 13.9. The number of likely N-dealkylation sites (tertiary alicyclic amines) is 1. The first-order valence-corrected chi connectivity index (χ1v) is 7.72. The molecule has 1 fully saturated rings. The Bertz CT molecular complexity index is 353. The zero-order valence-corrected chi connectivity index (χ0v) is 12.5. The van der Waals surface area contributed by atoms with E-state index in [1.807, 2.05) is 11.8 Å². The Hall–Kier alpha value is -0.510. The Morgan fingerprint density at radius 3 is 2.56 bits per heavy atom. The van der Waals surface area contributed by atoms with Gasteiger partial charge >= 0.3 is 0 Å². The van der Waals surface area contributed by atoms with Crippen molar-refractivity contribution in [2.45, 2.75) is 17.9 Å². The maximum atomic E-state index is 2.60. The molecule has 18 heavy (non-hydrogen) atoms. The molecular formula is C15H24N2S. The molecule has 0 spiro atoms. The minimum Gasteiger partial charge on any atom is -0.305 e. The van der Waals surface area contributed by atoms with Crippen molar-refractivity contribution in [3.8, 4) is 0 Å². The summed E-state index contributed by atoms with van der Waals surface area (Å²) in [4.78, 5) is 6.36. The second-order valence-corrected chi connectivity index (χ2v) is 6.60. The highest BCUT2D eigenvalue weighted by Gasteiger charge is 2.30. The predicted molar refractivity (Wildman–Crippen MR) is 80.2 cm³/mol. The Labute approximate surface area is 115 Å². The Morgan fingerprint density at radius 2 is 1.94 bits per heavy atom. The summed E-state index contributed by atoms with van der Waals surface area (Å²) in [6, 6.07) is 11.4.